The van der Waals surface area contributed by atoms with Gasteiger partial charge in [-0.2, -0.15) is 0 Å². The van der Waals surface area contributed by atoms with Gasteiger partial charge in [0, 0.05) is 19.3 Å². The second-order valence-corrected chi connectivity index (χ2v) is 5.25. The van der Waals surface area contributed by atoms with Crippen molar-refractivity contribution in [2.24, 2.45) is 5.92 Å². The van der Waals surface area contributed by atoms with Gasteiger partial charge in [0.15, 0.2) is 0 Å². The first kappa shape index (κ1) is 13.2. The summed E-state index contributed by atoms with van der Waals surface area (Å²) in [5.41, 5.74) is 1.22. The molecule has 1 saturated carbocycles. The Morgan fingerprint density at radius 3 is 2.33 bits per heavy atom. The zero-order chi connectivity index (χ0) is 13.0. The number of aliphatic hydroxyl groups is 1. The average Bonchev–Trinajstić information content (AvgIpc) is 2.41. The Labute approximate surface area is 109 Å². The van der Waals surface area contributed by atoms with Gasteiger partial charge in [-0.1, -0.05) is 0 Å². The smallest absolute Gasteiger partial charge is 0.119 e. The van der Waals surface area contributed by atoms with Gasteiger partial charge in [-0.25, -0.2) is 0 Å². The summed E-state index contributed by atoms with van der Waals surface area (Å²) in [6.45, 7) is 1.07. The highest BCUT2D eigenvalue weighted by Gasteiger charge is 2.20. The van der Waals surface area contributed by atoms with Crippen molar-refractivity contribution in [3.05, 3.63) is 24.3 Å². The molecule has 3 nitrogen and oxygen atoms in total. The summed E-state index contributed by atoms with van der Waals surface area (Å²) in [4.78, 5) is 2.29. The molecule has 0 bridgehead atoms. The second kappa shape index (κ2) is 6.10. The van der Waals surface area contributed by atoms with E-state index in [1.165, 1.54) is 5.69 Å². The van der Waals surface area contributed by atoms with Crippen LogP contribution in [0.15, 0.2) is 24.3 Å². The third kappa shape index (κ3) is 3.39. The molecular weight excluding hydrogens is 226 g/mol. The highest BCUT2D eigenvalue weighted by Crippen LogP contribution is 2.26. The van der Waals surface area contributed by atoms with Crippen LogP contribution in [0.25, 0.3) is 0 Å². The first-order valence-corrected chi connectivity index (χ1v) is 6.72. The number of hydrogen-bond donors (Lipinski definition) is 1. The van der Waals surface area contributed by atoms with E-state index in [1.54, 1.807) is 7.11 Å². The van der Waals surface area contributed by atoms with E-state index in [1.807, 2.05) is 12.1 Å². The molecule has 0 radical (unpaired) electrons. The molecule has 1 aliphatic rings. The maximum absolute atomic E-state index is 9.51. The molecule has 0 aliphatic heterocycles. The number of ether oxygens (including phenoxy) is 1. The molecule has 3 heteroatoms. The molecule has 2 rings (SSSR count). The molecule has 0 unspecified atom stereocenters. The van der Waals surface area contributed by atoms with Gasteiger partial charge >= 0.3 is 0 Å². The fraction of sp³-hybridized carbons (Fsp3) is 0.600. The van der Waals surface area contributed by atoms with Gasteiger partial charge < -0.3 is 14.7 Å². The monoisotopic (exact) mass is 249 g/mol. The minimum atomic E-state index is -0.0625. The van der Waals surface area contributed by atoms with Crippen molar-refractivity contribution in [1.29, 1.82) is 0 Å². The lowest BCUT2D eigenvalue weighted by Gasteiger charge is -2.30. The predicted octanol–water partition coefficient (Wildman–Crippen LogP) is 2.68. The average molecular weight is 249 g/mol. The highest BCUT2D eigenvalue weighted by atomic mass is 16.5. The number of nitrogens with zero attached hydrogens (tertiary/aromatic N) is 1. The van der Waals surface area contributed by atoms with E-state index in [9.17, 15) is 5.11 Å². The first-order valence-electron chi connectivity index (χ1n) is 6.72. The number of hydrogen-bond acceptors (Lipinski definition) is 3. The van der Waals surface area contributed by atoms with Crippen LogP contribution in [-0.2, 0) is 0 Å². The zero-order valence-corrected chi connectivity index (χ0v) is 11.3. The van der Waals surface area contributed by atoms with Crippen LogP contribution in [0.4, 0.5) is 5.69 Å². The molecule has 0 spiro atoms. The van der Waals surface area contributed by atoms with Crippen LogP contribution < -0.4 is 9.64 Å². The van der Waals surface area contributed by atoms with Crippen LogP contribution in [0.5, 0.6) is 5.75 Å². The molecule has 0 heterocycles. The Morgan fingerprint density at radius 2 is 1.78 bits per heavy atom. The summed E-state index contributed by atoms with van der Waals surface area (Å²) in [6.07, 6.45) is 4.14. The largest absolute Gasteiger partial charge is 0.497 e. The summed E-state index contributed by atoms with van der Waals surface area (Å²) >= 11 is 0. The van der Waals surface area contributed by atoms with E-state index in [2.05, 4.69) is 24.1 Å². The predicted molar refractivity (Wildman–Crippen MR) is 74.2 cm³/mol. The summed E-state index contributed by atoms with van der Waals surface area (Å²) in [7, 11) is 3.82. The Kier molecular flexibility index (Phi) is 4.48. The summed E-state index contributed by atoms with van der Waals surface area (Å²) < 4.78 is 5.16. The van der Waals surface area contributed by atoms with Crippen LogP contribution in [0.2, 0.25) is 0 Å². The molecular formula is C15H23NO2. The molecule has 1 aromatic rings. The Balaban J connectivity index is 1.88. The number of methoxy groups -OCH3 is 1. The lowest BCUT2D eigenvalue weighted by Crippen LogP contribution is -2.29. The van der Waals surface area contributed by atoms with E-state index in [4.69, 9.17) is 4.74 Å². The molecule has 18 heavy (non-hydrogen) atoms. The summed E-state index contributed by atoms with van der Waals surface area (Å²) in [5.74, 6) is 1.61. The lowest BCUT2D eigenvalue weighted by atomic mass is 9.87. The van der Waals surface area contributed by atoms with E-state index < -0.39 is 0 Å². The van der Waals surface area contributed by atoms with Crippen molar-refractivity contribution in [1.82, 2.24) is 0 Å². The Hall–Kier alpha value is -1.22. The zero-order valence-electron chi connectivity index (χ0n) is 11.3. The molecule has 0 amide bonds. The number of anilines is 1. The quantitative estimate of drug-likeness (QED) is 0.890. The second-order valence-electron chi connectivity index (χ2n) is 5.25. The van der Waals surface area contributed by atoms with Gasteiger partial charge in [-0.3, -0.25) is 0 Å². The van der Waals surface area contributed by atoms with E-state index in [0.717, 1.165) is 38.0 Å². The molecule has 1 aromatic carbocycles. The number of aliphatic hydroxyl groups excluding tert-OH is 1. The standard InChI is InChI=1S/C15H23NO2/c1-16(11-12-3-7-14(17)8-4-12)13-5-9-15(18-2)10-6-13/h5-6,9-10,12,14,17H,3-4,7-8,11H2,1-2H3. The third-order valence-electron chi connectivity index (χ3n) is 3.86. The van der Waals surface area contributed by atoms with Crippen molar-refractivity contribution < 1.29 is 9.84 Å². The van der Waals surface area contributed by atoms with Gasteiger partial charge in [-0.15, -0.1) is 0 Å². The van der Waals surface area contributed by atoms with Crippen molar-refractivity contribution >= 4 is 5.69 Å². The van der Waals surface area contributed by atoms with E-state index in [-0.39, 0.29) is 6.10 Å². The fourth-order valence-corrected chi connectivity index (χ4v) is 2.66. The SMILES string of the molecule is COc1ccc(N(C)CC2CCC(O)CC2)cc1. The van der Waals surface area contributed by atoms with Crippen LogP contribution >= 0.6 is 0 Å². The highest BCUT2D eigenvalue weighted by molar-refractivity contribution is 5.48. The maximum atomic E-state index is 9.51. The molecule has 1 aliphatic carbocycles. The molecule has 1 N–H and O–H groups in total. The van der Waals surface area contributed by atoms with E-state index in [0.29, 0.717) is 5.92 Å². The summed E-state index contributed by atoms with van der Waals surface area (Å²) in [6, 6.07) is 8.18. The minimum absolute atomic E-state index is 0.0625. The lowest BCUT2D eigenvalue weighted by molar-refractivity contribution is 0.110. The van der Waals surface area contributed by atoms with Crippen LogP contribution in [-0.4, -0.2) is 31.9 Å². The van der Waals surface area contributed by atoms with Crippen molar-refractivity contribution in [2.45, 2.75) is 31.8 Å². The maximum Gasteiger partial charge on any atom is 0.119 e. The first-order chi connectivity index (χ1) is 8.69. The van der Waals surface area contributed by atoms with Crippen molar-refractivity contribution in [3.8, 4) is 5.75 Å². The Bertz CT molecular complexity index is 355. The van der Waals surface area contributed by atoms with E-state index >= 15 is 0 Å². The number of benzene rings is 1. The van der Waals surface area contributed by atoms with Crippen LogP contribution in [0, 0.1) is 5.92 Å². The van der Waals surface area contributed by atoms with Crippen LogP contribution in [0.1, 0.15) is 25.7 Å². The molecule has 1 fully saturated rings. The third-order valence-corrected chi connectivity index (χ3v) is 3.86. The topological polar surface area (TPSA) is 32.7 Å². The van der Waals surface area contributed by atoms with Gasteiger partial charge in [0.2, 0.25) is 0 Å². The Morgan fingerprint density at radius 1 is 1.17 bits per heavy atom. The summed E-state index contributed by atoms with van der Waals surface area (Å²) in [5, 5.41) is 9.51. The minimum Gasteiger partial charge on any atom is -0.497 e. The molecule has 0 aromatic heterocycles. The molecule has 0 atom stereocenters. The molecule has 0 saturated heterocycles. The van der Waals surface area contributed by atoms with Gasteiger partial charge in [0.1, 0.15) is 5.75 Å². The normalized spacial score (nSPS) is 23.7. The van der Waals surface area contributed by atoms with Gasteiger partial charge in [0.25, 0.3) is 0 Å². The van der Waals surface area contributed by atoms with Gasteiger partial charge in [-0.05, 0) is 55.9 Å². The van der Waals surface area contributed by atoms with Crippen LogP contribution in [0.3, 0.4) is 0 Å². The van der Waals surface area contributed by atoms with Crippen molar-refractivity contribution in [2.75, 3.05) is 25.6 Å². The number of rotatable bonds is 4. The van der Waals surface area contributed by atoms with Crippen molar-refractivity contribution in [3.63, 3.8) is 0 Å². The molecule has 100 valence electrons. The fourth-order valence-electron chi connectivity index (χ4n) is 2.66. The van der Waals surface area contributed by atoms with Gasteiger partial charge in [0.05, 0.1) is 13.2 Å².